The molecule has 0 radical (unpaired) electrons. The molecule has 0 bridgehead atoms. The van der Waals surface area contributed by atoms with Gasteiger partial charge in [0.2, 0.25) is 0 Å². The highest BCUT2D eigenvalue weighted by Crippen LogP contribution is 2.38. The average molecular weight is 356 g/mol. The molecule has 0 amide bonds. The summed E-state index contributed by atoms with van der Waals surface area (Å²) in [5, 5.41) is 4.71. The number of rotatable bonds is 3. The molecule has 3 rings (SSSR count). The lowest BCUT2D eigenvalue weighted by molar-refractivity contribution is 0.156. The van der Waals surface area contributed by atoms with E-state index in [1.807, 2.05) is 12.1 Å². The SMILES string of the molecule is CCNC(=NCc1ccc(Cl)cc1Cl)N1CCC2(CCOC2)C1. The number of hydrogen-bond acceptors (Lipinski definition) is 2. The van der Waals surface area contributed by atoms with Crippen molar-refractivity contribution in [3.05, 3.63) is 33.8 Å². The largest absolute Gasteiger partial charge is 0.381 e. The molecule has 1 spiro atoms. The van der Waals surface area contributed by atoms with Gasteiger partial charge in [0.05, 0.1) is 13.2 Å². The quantitative estimate of drug-likeness (QED) is 0.665. The third kappa shape index (κ3) is 3.93. The molecule has 1 aromatic carbocycles. The summed E-state index contributed by atoms with van der Waals surface area (Å²) in [6.45, 7) is 7.32. The van der Waals surface area contributed by atoms with Gasteiger partial charge in [-0.05, 0) is 37.5 Å². The number of aliphatic imine (C=N–C) groups is 1. The number of hydrogen-bond donors (Lipinski definition) is 1. The molecule has 2 fully saturated rings. The molecule has 0 aliphatic carbocycles. The van der Waals surface area contributed by atoms with Crippen molar-refractivity contribution in [2.45, 2.75) is 26.3 Å². The second-order valence-electron chi connectivity index (χ2n) is 6.38. The highest BCUT2D eigenvalue weighted by molar-refractivity contribution is 6.35. The molecular formula is C17H23Cl2N3O. The van der Waals surface area contributed by atoms with E-state index in [2.05, 4.69) is 17.1 Å². The maximum atomic E-state index is 6.24. The molecule has 2 saturated heterocycles. The Balaban J connectivity index is 1.71. The van der Waals surface area contributed by atoms with Crippen LogP contribution < -0.4 is 5.32 Å². The van der Waals surface area contributed by atoms with Gasteiger partial charge in [-0.25, -0.2) is 4.99 Å². The molecule has 1 atom stereocenters. The minimum atomic E-state index is 0.327. The van der Waals surface area contributed by atoms with Gasteiger partial charge in [-0.1, -0.05) is 29.3 Å². The Bertz CT molecular complexity index is 585. The summed E-state index contributed by atoms with van der Waals surface area (Å²) in [6, 6.07) is 5.56. The lowest BCUT2D eigenvalue weighted by Crippen LogP contribution is -2.41. The van der Waals surface area contributed by atoms with E-state index in [0.717, 1.165) is 50.8 Å². The van der Waals surface area contributed by atoms with Crippen LogP contribution in [-0.4, -0.2) is 43.7 Å². The number of benzene rings is 1. The normalized spacial score (nSPS) is 24.7. The molecule has 2 heterocycles. The third-order valence-electron chi connectivity index (χ3n) is 4.67. The van der Waals surface area contributed by atoms with Crippen LogP contribution in [0.1, 0.15) is 25.3 Å². The molecule has 23 heavy (non-hydrogen) atoms. The fourth-order valence-electron chi connectivity index (χ4n) is 3.32. The van der Waals surface area contributed by atoms with Crippen molar-refractivity contribution in [1.82, 2.24) is 10.2 Å². The Morgan fingerprint density at radius 3 is 2.96 bits per heavy atom. The summed E-state index contributed by atoms with van der Waals surface area (Å²) in [7, 11) is 0. The zero-order valence-corrected chi connectivity index (χ0v) is 15.0. The average Bonchev–Trinajstić information content (AvgIpc) is 3.16. The summed E-state index contributed by atoms with van der Waals surface area (Å²) >= 11 is 12.2. The Morgan fingerprint density at radius 1 is 1.39 bits per heavy atom. The molecule has 2 aliphatic heterocycles. The lowest BCUT2D eigenvalue weighted by Gasteiger charge is -2.25. The number of halogens is 2. The van der Waals surface area contributed by atoms with Crippen molar-refractivity contribution in [2.75, 3.05) is 32.8 Å². The molecule has 0 saturated carbocycles. The van der Waals surface area contributed by atoms with Crippen molar-refractivity contribution in [2.24, 2.45) is 10.4 Å². The summed E-state index contributed by atoms with van der Waals surface area (Å²) in [5.41, 5.74) is 1.32. The monoisotopic (exact) mass is 355 g/mol. The minimum Gasteiger partial charge on any atom is -0.381 e. The van der Waals surface area contributed by atoms with E-state index in [-0.39, 0.29) is 0 Å². The van der Waals surface area contributed by atoms with Crippen molar-refractivity contribution in [3.8, 4) is 0 Å². The van der Waals surface area contributed by atoms with E-state index < -0.39 is 0 Å². The molecule has 1 aromatic rings. The third-order valence-corrected chi connectivity index (χ3v) is 5.26. The van der Waals surface area contributed by atoms with E-state index >= 15 is 0 Å². The van der Waals surface area contributed by atoms with Crippen LogP contribution in [0, 0.1) is 5.41 Å². The number of likely N-dealkylation sites (tertiary alicyclic amines) is 1. The maximum Gasteiger partial charge on any atom is 0.194 e. The van der Waals surface area contributed by atoms with Gasteiger partial charge in [-0.2, -0.15) is 0 Å². The molecular weight excluding hydrogens is 333 g/mol. The van der Waals surface area contributed by atoms with Crippen molar-refractivity contribution < 1.29 is 4.74 Å². The van der Waals surface area contributed by atoms with Crippen LogP contribution >= 0.6 is 23.2 Å². The second kappa shape index (κ2) is 7.29. The summed E-state index contributed by atoms with van der Waals surface area (Å²) in [6.07, 6.45) is 2.34. The summed E-state index contributed by atoms with van der Waals surface area (Å²) in [4.78, 5) is 7.12. The number of guanidine groups is 1. The van der Waals surface area contributed by atoms with Crippen molar-refractivity contribution in [3.63, 3.8) is 0 Å². The highest BCUT2D eigenvalue weighted by Gasteiger charge is 2.42. The Labute approximate surface area is 147 Å². The van der Waals surface area contributed by atoms with E-state index in [0.29, 0.717) is 22.0 Å². The zero-order valence-electron chi connectivity index (χ0n) is 13.4. The van der Waals surface area contributed by atoms with Crippen molar-refractivity contribution in [1.29, 1.82) is 0 Å². The number of nitrogens with one attached hydrogen (secondary N) is 1. The van der Waals surface area contributed by atoms with E-state index in [1.165, 1.54) is 6.42 Å². The smallest absolute Gasteiger partial charge is 0.194 e. The fourth-order valence-corrected chi connectivity index (χ4v) is 3.79. The van der Waals surface area contributed by atoms with Crippen molar-refractivity contribution >= 4 is 29.2 Å². The first-order valence-electron chi connectivity index (χ1n) is 8.17. The zero-order chi connectivity index (χ0) is 16.3. The highest BCUT2D eigenvalue weighted by atomic mass is 35.5. The van der Waals surface area contributed by atoms with Crippen LogP contribution in [0.3, 0.4) is 0 Å². The number of nitrogens with zero attached hydrogens (tertiary/aromatic N) is 2. The predicted octanol–water partition coefficient (Wildman–Crippen LogP) is 3.57. The molecule has 4 nitrogen and oxygen atoms in total. The topological polar surface area (TPSA) is 36.9 Å². The predicted molar refractivity (Wildman–Crippen MR) is 95.3 cm³/mol. The van der Waals surface area contributed by atoms with Crippen LogP contribution in [0.25, 0.3) is 0 Å². The van der Waals surface area contributed by atoms with Gasteiger partial charge in [0, 0.05) is 41.7 Å². The van der Waals surface area contributed by atoms with Gasteiger partial charge in [-0.3, -0.25) is 0 Å². The lowest BCUT2D eigenvalue weighted by atomic mass is 9.87. The minimum absolute atomic E-state index is 0.327. The van der Waals surface area contributed by atoms with Crippen LogP contribution in [0.15, 0.2) is 23.2 Å². The summed E-state index contributed by atoms with van der Waals surface area (Å²) in [5.74, 6) is 0.960. The van der Waals surface area contributed by atoms with Gasteiger partial charge in [0.25, 0.3) is 0 Å². The van der Waals surface area contributed by atoms with Gasteiger partial charge < -0.3 is 15.0 Å². The molecule has 1 unspecified atom stereocenters. The van der Waals surface area contributed by atoms with Gasteiger partial charge >= 0.3 is 0 Å². The van der Waals surface area contributed by atoms with E-state index in [4.69, 9.17) is 32.9 Å². The number of ether oxygens (including phenoxy) is 1. The van der Waals surface area contributed by atoms with Crippen LogP contribution in [0.2, 0.25) is 10.0 Å². The first-order valence-corrected chi connectivity index (χ1v) is 8.92. The molecule has 0 aromatic heterocycles. The standard InChI is InChI=1S/C17H23Cl2N3O/c1-2-20-16(21-10-13-3-4-14(18)9-15(13)19)22-7-5-17(11-22)6-8-23-12-17/h3-4,9H,2,5-8,10-12H2,1H3,(H,20,21). The Kier molecular flexibility index (Phi) is 5.34. The second-order valence-corrected chi connectivity index (χ2v) is 7.22. The molecule has 1 N–H and O–H groups in total. The Hall–Kier alpha value is -0.970. The van der Waals surface area contributed by atoms with Gasteiger partial charge in [0.15, 0.2) is 5.96 Å². The molecule has 2 aliphatic rings. The molecule has 126 valence electrons. The first-order chi connectivity index (χ1) is 11.1. The van der Waals surface area contributed by atoms with Crippen LogP contribution in [0.4, 0.5) is 0 Å². The van der Waals surface area contributed by atoms with Gasteiger partial charge in [0.1, 0.15) is 0 Å². The van der Waals surface area contributed by atoms with Gasteiger partial charge in [-0.15, -0.1) is 0 Å². The first kappa shape index (κ1) is 16.9. The van der Waals surface area contributed by atoms with Crippen LogP contribution in [-0.2, 0) is 11.3 Å². The molecule has 6 heteroatoms. The maximum absolute atomic E-state index is 6.24. The van der Waals surface area contributed by atoms with E-state index in [1.54, 1.807) is 6.07 Å². The van der Waals surface area contributed by atoms with E-state index in [9.17, 15) is 0 Å². The van der Waals surface area contributed by atoms with Crippen LogP contribution in [0.5, 0.6) is 0 Å². The Morgan fingerprint density at radius 2 is 2.26 bits per heavy atom. The summed E-state index contributed by atoms with van der Waals surface area (Å²) < 4.78 is 5.61. The fraction of sp³-hybridized carbons (Fsp3) is 0.588.